The van der Waals surface area contributed by atoms with E-state index in [1.807, 2.05) is 0 Å². The van der Waals surface area contributed by atoms with Crippen molar-refractivity contribution in [2.24, 2.45) is 5.92 Å². The Kier molecular flexibility index (Phi) is 8.53. The first-order valence-electron chi connectivity index (χ1n) is 10.7. The van der Waals surface area contributed by atoms with Crippen molar-refractivity contribution in [2.75, 3.05) is 0 Å². The maximum absolute atomic E-state index is 9.92. The van der Waals surface area contributed by atoms with Gasteiger partial charge in [-0.15, -0.1) is 0 Å². The molecule has 0 heterocycles. The molecule has 138 valence electrons. The number of unbranched alkanes of at least 4 members (excludes halogenated alkanes) is 5. The molecule has 1 heteroatoms. The van der Waals surface area contributed by atoms with E-state index in [0.29, 0.717) is 0 Å². The predicted molar refractivity (Wildman–Crippen MR) is 108 cm³/mol. The highest BCUT2D eigenvalue weighted by Crippen LogP contribution is 2.42. The molecule has 0 unspecified atom stereocenters. The van der Waals surface area contributed by atoms with Gasteiger partial charge in [-0.1, -0.05) is 83.1 Å². The van der Waals surface area contributed by atoms with Crippen LogP contribution in [0.2, 0.25) is 0 Å². The van der Waals surface area contributed by atoms with Crippen LogP contribution in [0.3, 0.4) is 0 Å². The van der Waals surface area contributed by atoms with Gasteiger partial charge in [0.15, 0.2) is 0 Å². The van der Waals surface area contributed by atoms with Crippen LogP contribution in [-0.4, -0.2) is 0 Å². The van der Waals surface area contributed by atoms with Gasteiger partial charge in [0.25, 0.3) is 0 Å². The number of benzene rings is 1. The molecule has 0 amide bonds. The molecule has 1 aliphatic rings. The summed E-state index contributed by atoms with van der Waals surface area (Å²) in [6, 6.07) is 11.7. The zero-order chi connectivity index (χ0) is 18.0. The highest BCUT2D eigenvalue weighted by molar-refractivity contribution is 5.35. The largest absolute Gasteiger partial charge is 0.197 e. The number of nitrogens with zero attached hydrogens (tertiary/aromatic N) is 1. The third-order valence-electron chi connectivity index (χ3n) is 6.21. The van der Waals surface area contributed by atoms with Crippen LogP contribution < -0.4 is 0 Å². The fraction of sp³-hybridized carbons (Fsp3) is 0.708. The van der Waals surface area contributed by atoms with Crippen LogP contribution in [0.1, 0.15) is 102 Å². The Labute approximate surface area is 155 Å². The van der Waals surface area contributed by atoms with Gasteiger partial charge in [0.05, 0.1) is 11.5 Å². The average Bonchev–Trinajstić information content (AvgIpc) is 2.67. The molecule has 0 aromatic heterocycles. The number of hydrogen-bond acceptors (Lipinski definition) is 1. The van der Waals surface area contributed by atoms with E-state index in [1.54, 1.807) is 0 Å². The highest BCUT2D eigenvalue weighted by Gasteiger charge is 2.36. The predicted octanol–water partition coefficient (Wildman–Crippen LogP) is 7.34. The van der Waals surface area contributed by atoms with Gasteiger partial charge in [0, 0.05) is 0 Å². The molecule has 2 rings (SSSR count). The van der Waals surface area contributed by atoms with Gasteiger partial charge in [-0.3, -0.25) is 0 Å². The van der Waals surface area contributed by atoms with Gasteiger partial charge in [-0.2, -0.15) is 5.26 Å². The Bertz CT molecular complexity index is 514. The van der Waals surface area contributed by atoms with Crippen molar-refractivity contribution in [1.82, 2.24) is 0 Å². The standard InChI is InChI=1S/C24H37N/c1-3-5-7-9-11-22-16-18-24(20-25,19-17-22)23-14-12-21(13-15-23)10-8-6-4-2/h12-15,22H,3-11,16-19H2,1-2H3. The fourth-order valence-corrected chi connectivity index (χ4v) is 4.35. The summed E-state index contributed by atoms with van der Waals surface area (Å²) < 4.78 is 0. The first-order chi connectivity index (χ1) is 12.2. The van der Waals surface area contributed by atoms with Crippen molar-refractivity contribution in [3.8, 4) is 6.07 Å². The summed E-state index contributed by atoms with van der Waals surface area (Å²) >= 11 is 0. The van der Waals surface area contributed by atoms with E-state index in [0.717, 1.165) is 18.8 Å². The Morgan fingerprint density at radius 1 is 0.920 bits per heavy atom. The molecular weight excluding hydrogens is 302 g/mol. The Balaban J connectivity index is 1.88. The summed E-state index contributed by atoms with van der Waals surface area (Å²) in [7, 11) is 0. The average molecular weight is 340 g/mol. The van der Waals surface area contributed by atoms with E-state index >= 15 is 0 Å². The number of hydrogen-bond donors (Lipinski definition) is 0. The van der Waals surface area contributed by atoms with E-state index in [4.69, 9.17) is 0 Å². The molecule has 0 saturated heterocycles. The molecule has 0 radical (unpaired) electrons. The number of nitriles is 1. The van der Waals surface area contributed by atoms with Crippen molar-refractivity contribution in [3.05, 3.63) is 35.4 Å². The molecule has 1 aromatic rings. The molecule has 1 fully saturated rings. The van der Waals surface area contributed by atoms with Crippen molar-refractivity contribution in [1.29, 1.82) is 5.26 Å². The zero-order valence-corrected chi connectivity index (χ0v) is 16.5. The SMILES string of the molecule is CCCCCCC1CCC(C#N)(c2ccc(CCCCC)cc2)CC1. The van der Waals surface area contributed by atoms with Crippen LogP contribution in [0.5, 0.6) is 0 Å². The molecule has 1 saturated carbocycles. The van der Waals surface area contributed by atoms with Crippen molar-refractivity contribution in [2.45, 2.75) is 103 Å². The fourth-order valence-electron chi connectivity index (χ4n) is 4.35. The summed E-state index contributed by atoms with van der Waals surface area (Å²) in [6.07, 6.45) is 16.4. The van der Waals surface area contributed by atoms with E-state index in [2.05, 4.69) is 44.2 Å². The van der Waals surface area contributed by atoms with Gasteiger partial charge in [-0.05, 0) is 55.6 Å². The molecule has 1 nitrogen and oxygen atoms in total. The molecule has 0 bridgehead atoms. The van der Waals surface area contributed by atoms with Gasteiger partial charge in [-0.25, -0.2) is 0 Å². The van der Waals surface area contributed by atoms with Gasteiger partial charge < -0.3 is 0 Å². The molecule has 25 heavy (non-hydrogen) atoms. The van der Waals surface area contributed by atoms with Crippen LogP contribution in [0.15, 0.2) is 24.3 Å². The van der Waals surface area contributed by atoms with E-state index in [9.17, 15) is 5.26 Å². The lowest BCUT2D eigenvalue weighted by molar-refractivity contribution is 0.261. The van der Waals surface area contributed by atoms with Crippen molar-refractivity contribution < 1.29 is 0 Å². The second-order valence-corrected chi connectivity index (χ2v) is 8.14. The van der Waals surface area contributed by atoms with Crippen LogP contribution in [0.4, 0.5) is 0 Å². The maximum atomic E-state index is 9.92. The van der Waals surface area contributed by atoms with Crippen molar-refractivity contribution in [3.63, 3.8) is 0 Å². The summed E-state index contributed by atoms with van der Waals surface area (Å²) in [5.41, 5.74) is 2.47. The quantitative estimate of drug-likeness (QED) is 0.409. The van der Waals surface area contributed by atoms with Gasteiger partial charge in [0.1, 0.15) is 0 Å². The smallest absolute Gasteiger partial charge is 0.0822 e. The van der Waals surface area contributed by atoms with Crippen LogP contribution in [0, 0.1) is 17.2 Å². The highest BCUT2D eigenvalue weighted by atomic mass is 14.4. The minimum absolute atomic E-state index is 0.220. The molecule has 0 atom stereocenters. The molecule has 0 aliphatic heterocycles. The topological polar surface area (TPSA) is 23.8 Å². The first kappa shape index (κ1) is 20.0. The summed E-state index contributed by atoms with van der Waals surface area (Å²) in [5, 5.41) is 9.92. The second-order valence-electron chi connectivity index (χ2n) is 8.14. The third-order valence-corrected chi connectivity index (χ3v) is 6.21. The molecular formula is C24H37N. The van der Waals surface area contributed by atoms with E-state index in [-0.39, 0.29) is 5.41 Å². The van der Waals surface area contributed by atoms with Gasteiger partial charge in [0.2, 0.25) is 0 Å². The van der Waals surface area contributed by atoms with Crippen LogP contribution >= 0.6 is 0 Å². The normalized spacial score (nSPS) is 23.3. The van der Waals surface area contributed by atoms with Crippen molar-refractivity contribution >= 4 is 0 Å². The lowest BCUT2D eigenvalue weighted by atomic mass is 9.66. The van der Waals surface area contributed by atoms with Crippen LogP contribution in [-0.2, 0) is 11.8 Å². The number of rotatable bonds is 10. The van der Waals surface area contributed by atoms with Crippen LogP contribution in [0.25, 0.3) is 0 Å². The minimum atomic E-state index is -0.220. The lowest BCUT2D eigenvalue weighted by Crippen LogP contribution is -2.30. The van der Waals surface area contributed by atoms with Gasteiger partial charge >= 0.3 is 0 Å². The molecule has 1 aliphatic carbocycles. The Morgan fingerprint density at radius 3 is 2.16 bits per heavy atom. The lowest BCUT2D eigenvalue weighted by Gasteiger charge is -2.35. The second kappa shape index (κ2) is 10.6. The Morgan fingerprint density at radius 2 is 1.56 bits per heavy atom. The van der Waals surface area contributed by atoms with E-state index in [1.165, 1.54) is 81.8 Å². The Hall–Kier alpha value is -1.29. The molecule has 1 aromatic carbocycles. The first-order valence-corrected chi connectivity index (χ1v) is 10.7. The maximum Gasteiger partial charge on any atom is 0.0822 e. The molecule has 0 N–H and O–H groups in total. The number of aryl methyl sites for hydroxylation is 1. The summed E-state index contributed by atoms with van der Waals surface area (Å²) in [4.78, 5) is 0. The minimum Gasteiger partial charge on any atom is -0.197 e. The summed E-state index contributed by atoms with van der Waals surface area (Å²) in [6.45, 7) is 4.52. The summed E-state index contributed by atoms with van der Waals surface area (Å²) in [5.74, 6) is 0.853. The molecule has 0 spiro atoms. The zero-order valence-electron chi connectivity index (χ0n) is 16.5. The third kappa shape index (κ3) is 5.88. The monoisotopic (exact) mass is 339 g/mol. The van der Waals surface area contributed by atoms with E-state index < -0.39 is 0 Å².